The second-order valence-corrected chi connectivity index (χ2v) is 6.92. The van der Waals surface area contributed by atoms with Gasteiger partial charge >= 0.3 is 0 Å². The number of hydrogen-bond acceptors (Lipinski definition) is 6. The van der Waals surface area contributed by atoms with Gasteiger partial charge in [-0.1, -0.05) is 0 Å². The lowest BCUT2D eigenvalue weighted by atomic mass is 10.3. The molecule has 160 valence electrons. The third-order valence-corrected chi connectivity index (χ3v) is 5.05. The maximum Gasteiger partial charge on any atom is 0.277 e. The standard InChI is InChI=1S/C20H22N8O3/c1-3-27-14-8-11(31-2)4-5-13(14)28(10-15(21)29)16(27)9-24-20(30)17-18(22)26-19-12(25-17)6-7-23-19/h4-8H,3,9-10H2,1-2H3,(H5-,21,22,23,24,25,26,29,30)/p+1. The molecule has 2 amide bonds. The van der Waals surface area contributed by atoms with Crippen LogP contribution >= 0.6 is 0 Å². The number of H-pyrrole nitrogens is 1. The molecule has 0 bridgehead atoms. The van der Waals surface area contributed by atoms with E-state index in [2.05, 4.69) is 20.3 Å². The van der Waals surface area contributed by atoms with Crippen molar-refractivity contribution >= 4 is 39.8 Å². The number of nitrogens with zero attached hydrogens (tertiary/aromatic N) is 4. The van der Waals surface area contributed by atoms with Crippen LogP contribution in [0.5, 0.6) is 5.75 Å². The first-order valence-electron chi connectivity index (χ1n) is 9.69. The Labute approximate surface area is 177 Å². The number of nitrogens with two attached hydrogens (primary N) is 2. The summed E-state index contributed by atoms with van der Waals surface area (Å²) in [5, 5.41) is 2.83. The molecule has 0 radical (unpaired) electrons. The van der Waals surface area contributed by atoms with Crippen LogP contribution < -0.4 is 26.1 Å². The van der Waals surface area contributed by atoms with E-state index in [-0.39, 0.29) is 24.6 Å². The Bertz CT molecular complexity index is 1310. The van der Waals surface area contributed by atoms with Crippen molar-refractivity contribution < 1.29 is 18.9 Å². The summed E-state index contributed by atoms with van der Waals surface area (Å²) in [7, 11) is 1.59. The lowest BCUT2D eigenvalue weighted by molar-refractivity contribution is -0.667. The molecule has 0 saturated carbocycles. The molecule has 0 aliphatic rings. The lowest BCUT2D eigenvalue weighted by Crippen LogP contribution is -2.45. The van der Waals surface area contributed by atoms with Gasteiger partial charge < -0.3 is 26.5 Å². The number of aromatic nitrogens is 5. The molecule has 0 spiro atoms. The molecule has 0 aliphatic carbocycles. The Morgan fingerprint density at radius 3 is 2.81 bits per heavy atom. The zero-order chi connectivity index (χ0) is 22.1. The fourth-order valence-electron chi connectivity index (χ4n) is 3.67. The van der Waals surface area contributed by atoms with Gasteiger partial charge in [-0.3, -0.25) is 9.59 Å². The first-order valence-corrected chi connectivity index (χ1v) is 9.69. The van der Waals surface area contributed by atoms with Crippen molar-refractivity contribution in [2.75, 3.05) is 12.8 Å². The quantitative estimate of drug-likeness (QED) is 0.311. The van der Waals surface area contributed by atoms with E-state index in [4.69, 9.17) is 16.2 Å². The number of nitrogens with one attached hydrogen (secondary N) is 2. The number of rotatable bonds is 7. The fourth-order valence-corrected chi connectivity index (χ4v) is 3.67. The molecule has 1 aromatic carbocycles. The number of aryl methyl sites for hydroxylation is 1. The minimum atomic E-state index is -0.489. The first-order chi connectivity index (χ1) is 14.9. The Hall–Kier alpha value is -4.15. The molecule has 0 aliphatic heterocycles. The van der Waals surface area contributed by atoms with Gasteiger partial charge in [0.1, 0.15) is 17.8 Å². The predicted molar refractivity (Wildman–Crippen MR) is 113 cm³/mol. The fraction of sp³-hybridized carbons (Fsp3) is 0.250. The molecule has 4 aromatic rings. The van der Waals surface area contributed by atoms with Crippen LogP contribution in [0, 0.1) is 0 Å². The van der Waals surface area contributed by atoms with E-state index in [0.29, 0.717) is 29.3 Å². The molecule has 31 heavy (non-hydrogen) atoms. The number of hydrogen-bond donors (Lipinski definition) is 4. The average Bonchev–Trinajstić information content (AvgIpc) is 3.32. The van der Waals surface area contributed by atoms with Crippen molar-refractivity contribution in [1.82, 2.24) is 24.8 Å². The zero-order valence-electron chi connectivity index (χ0n) is 17.2. The summed E-state index contributed by atoms with van der Waals surface area (Å²) in [6, 6.07) is 7.26. The average molecular weight is 423 g/mol. The Kier molecular flexibility index (Phi) is 5.15. The number of carbonyl (C=O) groups is 2. The topological polar surface area (TPSA) is 158 Å². The molecule has 11 heteroatoms. The third-order valence-electron chi connectivity index (χ3n) is 5.05. The monoisotopic (exact) mass is 423 g/mol. The van der Waals surface area contributed by atoms with Crippen LogP contribution in [0.4, 0.5) is 5.82 Å². The van der Waals surface area contributed by atoms with E-state index < -0.39 is 11.8 Å². The normalized spacial score (nSPS) is 11.2. The molecule has 3 aromatic heterocycles. The zero-order valence-corrected chi connectivity index (χ0v) is 17.2. The van der Waals surface area contributed by atoms with Crippen LogP contribution in [0.1, 0.15) is 23.2 Å². The highest BCUT2D eigenvalue weighted by atomic mass is 16.5. The van der Waals surface area contributed by atoms with Gasteiger partial charge in [0.2, 0.25) is 0 Å². The highest BCUT2D eigenvalue weighted by Gasteiger charge is 2.27. The summed E-state index contributed by atoms with van der Waals surface area (Å²) < 4.78 is 9.11. The first kappa shape index (κ1) is 20.1. The van der Waals surface area contributed by atoms with Crippen LogP contribution in [0.25, 0.3) is 22.2 Å². The number of ether oxygens (including phenoxy) is 1. The van der Waals surface area contributed by atoms with Crippen molar-refractivity contribution in [3.8, 4) is 5.75 Å². The highest BCUT2D eigenvalue weighted by Crippen LogP contribution is 2.21. The number of carbonyl (C=O) groups excluding carboxylic acids is 2. The van der Waals surface area contributed by atoms with Gasteiger partial charge in [0, 0.05) is 12.3 Å². The van der Waals surface area contributed by atoms with Crippen LogP contribution in [0.3, 0.4) is 0 Å². The summed E-state index contributed by atoms with van der Waals surface area (Å²) in [6.45, 7) is 2.68. The van der Waals surface area contributed by atoms with Crippen LogP contribution in [0.2, 0.25) is 0 Å². The Balaban J connectivity index is 1.71. The second-order valence-electron chi connectivity index (χ2n) is 6.92. The van der Waals surface area contributed by atoms with Gasteiger partial charge in [0.15, 0.2) is 34.7 Å². The number of primary amides is 1. The van der Waals surface area contributed by atoms with Crippen LogP contribution in [0.15, 0.2) is 30.5 Å². The summed E-state index contributed by atoms with van der Waals surface area (Å²) in [5.74, 6) is 0.454. The van der Waals surface area contributed by atoms with Crippen LogP contribution in [-0.4, -0.2) is 38.4 Å². The van der Waals surface area contributed by atoms with Gasteiger partial charge in [0.25, 0.3) is 17.6 Å². The van der Waals surface area contributed by atoms with E-state index in [1.807, 2.05) is 29.7 Å². The van der Waals surface area contributed by atoms with E-state index in [0.717, 1.165) is 11.0 Å². The van der Waals surface area contributed by atoms with Gasteiger partial charge in [-0.2, -0.15) is 0 Å². The molecule has 0 fully saturated rings. The van der Waals surface area contributed by atoms with E-state index in [1.165, 1.54) is 0 Å². The minimum absolute atomic E-state index is 0.0261. The minimum Gasteiger partial charge on any atom is -0.497 e. The Morgan fingerprint density at radius 1 is 1.29 bits per heavy atom. The van der Waals surface area contributed by atoms with Crippen molar-refractivity contribution in [3.63, 3.8) is 0 Å². The summed E-state index contributed by atoms with van der Waals surface area (Å²) in [6.07, 6.45) is 1.67. The van der Waals surface area contributed by atoms with E-state index in [1.54, 1.807) is 23.9 Å². The van der Waals surface area contributed by atoms with Gasteiger partial charge in [0.05, 0.1) is 13.7 Å². The van der Waals surface area contributed by atoms with Crippen molar-refractivity contribution in [3.05, 3.63) is 42.0 Å². The second kappa shape index (κ2) is 7.94. The maximum absolute atomic E-state index is 12.8. The van der Waals surface area contributed by atoms with Gasteiger partial charge in [-0.25, -0.2) is 19.1 Å². The molecule has 4 rings (SSSR count). The molecular formula is C20H23N8O3+. The van der Waals surface area contributed by atoms with E-state index >= 15 is 0 Å². The maximum atomic E-state index is 12.8. The summed E-state index contributed by atoms with van der Waals surface area (Å²) in [5.41, 5.74) is 14.2. The van der Waals surface area contributed by atoms with Gasteiger partial charge in [-0.15, -0.1) is 0 Å². The number of amides is 2. The summed E-state index contributed by atoms with van der Waals surface area (Å²) in [4.78, 5) is 35.9. The van der Waals surface area contributed by atoms with Gasteiger partial charge in [-0.05, 0) is 25.1 Å². The number of benzene rings is 1. The summed E-state index contributed by atoms with van der Waals surface area (Å²) >= 11 is 0. The third kappa shape index (κ3) is 3.61. The van der Waals surface area contributed by atoms with E-state index in [9.17, 15) is 9.59 Å². The molecule has 6 N–H and O–H groups in total. The SMILES string of the molecule is CCn1c(CNC(=O)c2nc3cc[nH]c3nc2N)[n+](CC(N)=O)c2ccc(OC)cc21. The molecular weight excluding hydrogens is 400 g/mol. The lowest BCUT2D eigenvalue weighted by Gasteiger charge is -2.07. The molecule has 0 saturated heterocycles. The number of nitrogen functional groups attached to an aromatic ring is 1. The van der Waals surface area contributed by atoms with Crippen molar-refractivity contribution in [1.29, 1.82) is 0 Å². The highest BCUT2D eigenvalue weighted by molar-refractivity contribution is 5.98. The number of imidazole rings is 1. The number of aromatic amines is 1. The molecule has 3 heterocycles. The molecule has 0 atom stereocenters. The largest absolute Gasteiger partial charge is 0.497 e. The van der Waals surface area contributed by atoms with Crippen molar-refractivity contribution in [2.24, 2.45) is 5.73 Å². The number of anilines is 1. The Morgan fingerprint density at radius 2 is 2.10 bits per heavy atom. The van der Waals surface area contributed by atoms with Crippen LogP contribution in [-0.2, 0) is 24.4 Å². The molecule has 0 unspecified atom stereocenters. The predicted octanol–water partition coefficient (Wildman–Crippen LogP) is 0.226. The molecule has 11 nitrogen and oxygen atoms in total. The smallest absolute Gasteiger partial charge is 0.277 e. The number of fused-ring (bicyclic) bond motifs is 2. The van der Waals surface area contributed by atoms with Crippen molar-refractivity contribution in [2.45, 2.75) is 26.6 Å². The number of methoxy groups -OCH3 is 1.